The van der Waals surface area contributed by atoms with Crippen LogP contribution in [0.2, 0.25) is 0 Å². The van der Waals surface area contributed by atoms with Crippen LogP contribution >= 0.6 is 0 Å². The Morgan fingerprint density at radius 2 is 1.41 bits per heavy atom. The Bertz CT molecular complexity index is 1000. The smallest absolute Gasteiger partial charge is 0.323 e. The first-order valence-electron chi connectivity index (χ1n) is 12.1. The third-order valence-corrected chi connectivity index (χ3v) is 5.91. The lowest BCUT2D eigenvalue weighted by Gasteiger charge is -2.37. The van der Waals surface area contributed by atoms with Crippen molar-refractivity contribution in [2.75, 3.05) is 6.54 Å². The Morgan fingerprint density at radius 3 is 1.94 bits per heavy atom. The minimum atomic E-state index is -0.594. The molecule has 0 aromatic heterocycles. The number of nitrogens with two attached hydrogens (primary N) is 1. The normalized spacial score (nSPS) is 12.9. The third-order valence-electron chi connectivity index (χ3n) is 5.91. The molecule has 0 aliphatic heterocycles. The lowest BCUT2D eigenvalue weighted by atomic mass is 9.76. The van der Waals surface area contributed by atoms with E-state index in [1.165, 1.54) is 22.3 Å². The highest BCUT2D eigenvalue weighted by Crippen LogP contribution is 2.37. The molecule has 0 saturated carbocycles. The maximum Gasteiger partial charge on any atom is 0.323 e. The van der Waals surface area contributed by atoms with Crippen LogP contribution in [-0.4, -0.2) is 24.2 Å². The maximum atomic E-state index is 12.2. The summed E-state index contributed by atoms with van der Waals surface area (Å²) in [6, 6.07) is 29.3. The number of esters is 1. The fraction of sp³-hybridized carbons (Fsp3) is 0.367. The van der Waals surface area contributed by atoms with Gasteiger partial charge in [0, 0.05) is 0 Å². The molecule has 4 heteroatoms. The Kier molecular flexibility index (Phi) is 8.65. The molecule has 0 bridgehead atoms. The van der Waals surface area contributed by atoms with Gasteiger partial charge in [-0.3, -0.25) is 10.1 Å². The van der Waals surface area contributed by atoms with E-state index in [-0.39, 0.29) is 5.97 Å². The van der Waals surface area contributed by atoms with Crippen molar-refractivity contribution in [3.63, 3.8) is 0 Å². The van der Waals surface area contributed by atoms with Crippen LogP contribution in [0.3, 0.4) is 0 Å². The van der Waals surface area contributed by atoms with Gasteiger partial charge in [-0.25, -0.2) is 0 Å². The second kappa shape index (κ2) is 11.5. The van der Waals surface area contributed by atoms with Crippen LogP contribution in [0.4, 0.5) is 0 Å². The first-order valence-corrected chi connectivity index (χ1v) is 12.1. The summed E-state index contributed by atoms with van der Waals surface area (Å²) in [7, 11) is 0. The molecule has 0 amide bonds. The van der Waals surface area contributed by atoms with Gasteiger partial charge in [-0.1, -0.05) is 96.9 Å². The summed E-state index contributed by atoms with van der Waals surface area (Å²) in [6.07, 6.45) is 2.33. The molecule has 1 atom stereocenters. The molecule has 3 aromatic rings. The minimum Gasteiger partial charge on any atom is -0.459 e. The number of ether oxygens (including phenoxy) is 1. The van der Waals surface area contributed by atoms with E-state index in [4.69, 9.17) is 10.5 Å². The Balaban J connectivity index is 1.81. The number of carbonyl (C=O) groups is 1. The maximum absolute atomic E-state index is 12.2. The summed E-state index contributed by atoms with van der Waals surface area (Å²) >= 11 is 0. The Hall–Kier alpha value is -2.95. The second-order valence-corrected chi connectivity index (χ2v) is 9.91. The van der Waals surface area contributed by atoms with Crippen LogP contribution < -0.4 is 11.1 Å². The molecule has 34 heavy (non-hydrogen) atoms. The predicted molar refractivity (Wildman–Crippen MR) is 140 cm³/mol. The van der Waals surface area contributed by atoms with Gasteiger partial charge in [0.15, 0.2) is 0 Å². The number of benzene rings is 3. The zero-order valence-corrected chi connectivity index (χ0v) is 20.9. The number of aryl methyl sites for hydroxylation is 1. The molecule has 0 aliphatic carbocycles. The van der Waals surface area contributed by atoms with Gasteiger partial charge in [-0.05, 0) is 63.8 Å². The molecule has 3 aromatic carbocycles. The quantitative estimate of drug-likeness (QED) is 0.232. The molecular formula is C30H38N2O2. The third kappa shape index (κ3) is 6.55. The van der Waals surface area contributed by atoms with Crippen molar-refractivity contribution < 1.29 is 9.53 Å². The fourth-order valence-corrected chi connectivity index (χ4v) is 4.32. The predicted octanol–water partition coefficient (Wildman–Crippen LogP) is 5.72. The summed E-state index contributed by atoms with van der Waals surface area (Å²) in [5.74, 6) is -0.330. The molecule has 0 saturated heterocycles. The van der Waals surface area contributed by atoms with Gasteiger partial charge < -0.3 is 10.5 Å². The van der Waals surface area contributed by atoms with Crippen molar-refractivity contribution in [3.05, 3.63) is 107 Å². The highest BCUT2D eigenvalue weighted by molar-refractivity contribution is 5.75. The van der Waals surface area contributed by atoms with Gasteiger partial charge in [-0.2, -0.15) is 0 Å². The van der Waals surface area contributed by atoms with Crippen molar-refractivity contribution in [2.24, 2.45) is 5.73 Å². The number of unbranched alkanes of at least 4 members (excludes halogenated alkanes) is 1. The van der Waals surface area contributed by atoms with Crippen LogP contribution in [0.5, 0.6) is 0 Å². The van der Waals surface area contributed by atoms with Gasteiger partial charge >= 0.3 is 5.97 Å². The van der Waals surface area contributed by atoms with Crippen molar-refractivity contribution >= 4 is 5.97 Å². The molecule has 0 spiro atoms. The lowest BCUT2D eigenvalue weighted by Crippen LogP contribution is -2.45. The summed E-state index contributed by atoms with van der Waals surface area (Å²) in [6.45, 7) is 8.49. The SMILES string of the molecule is Cc1cccc(C(NCCCC[C@H](N)C(=O)OC(C)(C)C)(c2ccccc2)c2ccccc2)c1. The number of rotatable bonds is 10. The Labute approximate surface area is 204 Å². The largest absolute Gasteiger partial charge is 0.459 e. The fourth-order valence-electron chi connectivity index (χ4n) is 4.32. The molecule has 0 heterocycles. The summed E-state index contributed by atoms with van der Waals surface area (Å²) < 4.78 is 5.42. The summed E-state index contributed by atoms with van der Waals surface area (Å²) in [5.41, 5.74) is 9.89. The van der Waals surface area contributed by atoms with Gasteiger partial charge in [0.05, 0.1) is 5.54 Å². The highest BCUT2D eigenvalue weighted by Gasteiger charge is 2.35. The molecule has 3 N–H and O–H groups in total. The first kappa shape index (κ1) is 25.7. The van der Waals surface area contributed by atoms with E-state index in [9.17, 15) is 4.79 Å². The highest BCUT2D eigenvalue weighted by atomic mass is 16.6. The average Bonchev–Trinajstić information content (AvgIpc) is 2.81. The molecule has 3 rings (SSSR count). The van der Waals surface area contributed by atoms with E-state index in [0.717, 1.165) is 19.4 Å². The van der Waals surface area contributed by atoms with Crippen molar-refractivity contribution in [3.8, 4) is 0 Å². The van der Waals surface area contributed by atoms with Crippen LogP contribution in [0.15, 0.2) is 84.9 Å². The molecule has 0 radical (unpaired) electrons. The topological polar surface area (TPSA) is 64.3 Å². The van der Waals surface area contributed by atoms with E-state index >= 15 is 0 Å². The van der Waals surface area contributed by atoms with E-state index in [0.29, 0.717) is 6.42 Å². The van der Waals surface area contributed by atoms with Gasteiger partial charge in [0.25, 0.3) is 0 Å². The first-order chi connectivity index (χ1) is 16.2. The van der Waals surface area contributed by atoms with E-state index in [1.54, 1.807) is 0 Å². The molecule has 4 nitrogen and oxygen atoms in total. The zero-order chi connectivity index (χ0) is 24.6. The van der Waals surface area contributed by atoms with Crippen molar-refractivity contribution in [1.29, 1.82) is 0 Å². The van der Waals surface area contributed by atoms with Crippen LogP contribution in [0.25, 0.3) is 0 Å². The van der Waals surface area contributed by atoms with Crippen LogP contribution in [-0.2, 0) is 15.1 Å². The standard InChI is InChI=1S/C30H38N2O2/c1-23-14-13-19-26(22-23)30(24-15-7-5-8-16-24,25-17-9-6-10-18-25)32-21-12-11-20-27(31)28(33)34-29(2,3)4/h5-10,13-19,22,27,32H,11-12,20-21,31H2,1-4H3/t27-/m0/s1. The van der Waals surface area contributed by atoms with Crippen LogP contribution in [0, 0.1) is 6.92 Å². The van der Waals surface area contributed by atoms with Crippen molar-refractivity contribution in [1.82, 2.24) is 5.32 Å². The minimum absolute atomic E-state index is 0.330. The van der Waals surface area contributed by atoms with E-state index < -0.39 is 17.2 Å². The van der Waals surface area contributed by atoms with Crippen LogP contribution in [0.1, 0.15) is 62.3 Å². The molecular weight excluding hydrogens is 420 g/mol. The second-order valence-electron chi connectivity index (χ2n) is 9.91. The molecule has 0 aliphatic rings. The van der Waals surface area contributed by atoms with Gasteiger partial charge in [0.2, 0.25) is 0 Å². The summed E-state index contributed by atoms with van der Waals surface area (Å²) in [5, 5.41) is 3.89. The zero-order valence-electron chi connectivity index (χ0n) is 20.9. The molecule has 0 unspecified atom stereocenters. The van der Waals surface area contributed by atoms with Gasteiger partial charge in [-0.15, -0.1) is 0 Å². The van der Waals surface area contributed by atoms with Crippen molar-refractivity contribution in [2.45, 2.75) is 64.1 Å². The summed E-state index contributed by atoms with van der Waals surface area (Å²) in [4.78, 5) is 12.2. The number of nitrogens with one attached hydrogen (secondary N) is 1. The average molecular weight is 459 g/mol. The van der Waals surface area contributed by atoms with E-state index in [2.05, 4.69) is 85.0 Å². The Morgan fingerprint density at radius 1 is 0.853 bits per heavy atom. The van der Waals surface area contributed by atoms with Gasteiger partial charge in [0.1, 0.15) is 11.6 Å². The number of hydrogen-bond donors (Lipinski definition) is 2. The lowest BCUT2D eigenvalue weighted by molar-refractivity contribution is -0.156. The monoisotopic (exact) mass is 458 g/mol. The molecule has 180 valence electrons. The van der Waals surface area contributed by atoms with E-state index in [1.807, 2.05) is 32.9 Å². The number of carbonyl (C=O) groups excluding carboxylic acids is 1. The molecule has 0 fully saturated rings. The number of hydrogen-bond acceptors (Lipinski definition) is 4.